The first-order valence-corrected chi connectivity index (χ1v) is 5.12. The molecule has 1 aromatic carbocycles. The van der Waals surface area contributed by atoms with Crippen molar-refractivity contribution < 1.29 is 4.79 Å². The van der Waals surface area contributed by atoms with Crippen LogP contribution >= 0.6 is 0 Å². The molecule has 80 valence electrons. The average molecular weight is 211 g/mol. The van der Waals surface area contributed by atoms with E-state index in [4.69, 9.17) is 0 Å². The van der Waals surface area contributed by atoms with Gasteiger partial charge in [-0.3, -0.25) is 9.36 Å². The van der Waals surface area contributed by atoms with E-state index in [0.29, 0.717) is 5.57 Å². The lowest BCUT2D eigenvalue weighted by molar-refractivity contribution is 0.0980. The second-order valence-electron chi connectivity index (χ2n) is 3.74. The molecule has 0 fully saturated rings. The maximum absolute atomic E-state index is 12.0. The predicted molar refractivity (Wildman–Crippen MR) is 65.3 cm³/mol. The Labute approximate surface area is 94.8 Å². The quantitative estimate of drug-likeness (QED) is 0.699. The summed E-state index contributed by atoms with van der Waals surface area (Å²) in [4.78, 5) is 12.0. The monoisotopic (exact) mass is 211 g/mol. The SMILES string of the molecule is C=C(C(=O)n1cccc1)c1ccc(C)cc1. The van der Waals surface area contributed by atoms with Gasteiger partial charge in [0.15, 0.2) is 0 Å². The van der Waals surface area contributed by atoms with Crippen molar-refractivity contribution in [3.8, 4) is 0 Å². The summed E-state index contributed by atoms with van der Waals surface area (Å²) in [7, 11) is 0. The molecule has 0 aliphatic rings. The van der Waals surface area contributed by atoms with E-state index in [1.807, 2.05) is 43.3 Å². The maximum atomic E-state index is 12.0. The number of aromatic nitrogens is 1. The summed E-state index contributed by atoms with van der Waals surface area (Å²) in [6, 6.07) is 11.4. The first kappa shape index (κ1) is 10.4. The molecule has 0 bridgehead atoms. The van der Waals surface area contributed by atoms with Crippen LogP contribution in [0.2, 0.25) is 0 Å². The molecule has 2 nitrogen and oxygen atoms in total. The summed E-state index contributed by atoms with van der Waals surface area (Å²) < 4.78 is 1.53. The summed E-state index contributed by atoms with van der Waals surface area (Å²) in [5.41, 5.74) is 2.55. The van der Waals surface area contributed by atoms with Crippen LogP contribution in [0.15, 0.2) is 55.4 Å². The maximum Gasteiger partial charge on any atom is 0.261 e. The molecule has 1 heterocycles. The third-order valence-corrected chi connectivity index (χ3v) is 2.50. The third-order valence-electron chi connectivity index (χ3n) is 2.50. The number of carbonyl (C=O) groups excluding carboxylic acids is 1. The molecule has 0 N–H and O–H groups in total. The van der Waals surface area contributed by atoms with E-state index < -0.39 is 0 Å². The molecule has 0 aliphatic carbocycles. The largest absolute Gasteiger partial charge is 0.291 e. The minimum absolute atomic E-state index is 0.0890. The van der Waals surface area contributed by atoms with E-state index in [2.05, 4.69) is 6.58 Å². The Kier molecular flexibility index (Phi) is 2.73. The zero-order chi connectivity index (χ0) is 11.5. The van der Waals surface area contributed by atoms with Crippen molar-refractivity contribution in [3.05, 3.63) is 66.5 Å². The van der Waals surface area contributed by atoms with Crippen molar-refractivity contribution in [1.29, 1.82) is 0 Å². The highest BCUT2D eigenvalue weighted by Crippen LogP contribution is 2.15. The molecular weight excluding hydrogens is 198 g/mol. The second kappa shape index (κ2) is 4.19. The van der Waals surface area contributed by atoms with Gasteiger partial charge in [-0.2, -0.15) is 0 Å². The van der Waals surface area contributed by atoms with Crippen LogP contribution < -0.4 is 0 Å². The first-order valence-electron chi connectivity index (χ1n) is 5.12. The molecule has 1 aromatic heterocycles. The molecule has 0 spiro atoms. The normalized spacial score (nSPS) is 10.1. The summed E-state index contributed by atoms with van der Waals surface area (Å²) >= 11 is 0. The molecule has 16 heavy (non-hydrogen) atoms. The summed E-state index contributed by atoms with van der Waals surface area (Å²) in [6.45, 7) is 5.85. The van der Waals surface area contributed by atoms with Gasteiger partial charge in [0.05, 0.1) is 0 Å². The minimum atomic E-state index is -0.0890. The van der Waals surface area contributed by atoms with Gasteiger partial charge in [0, 0.05) is 18.0 Å². The summed E-state index contributed by atoms with van der Waals surface area (Å²) in [6.07, 6.45) is 3.45. The van der Waals surface area contributed by atoms with E-state index in [-0.39, 0.29) is 5.91 Å². The fraction of sp³-hybridized carbons (Fsp3) is 0.0714. The Bertz CT molecular complexity index is 506. The number of allylic oxidation sites excluding steroid dienone is 1. The molecular formula is C14H13NO. The Morgan fingerprint density at radius 2 is 1.69 bits per heavy atom. The first-order chi connectivity index (χ1) is 7.68. The van der Waals surface area contributed by atoms with Crippen molar-refractivity contribution in [2.75, 3.05) is 0 Å². The molecule has 2 rings (SSSR count). The number of hydrogen-bond donors (Lipinski definition) is 0. The lowest BCUT2D eigenvalue weighted by Gasteiger charge is -2.06. The molecule has 0 amide bonds. The van der Waals surface area contributed by atoms with Gasteiger partial charge in [-0.15, -0.1) is 0 Å². The van der Waals surface area contributed by atoms with Gasteiger partial charge in [-0.05, 0) is 24.6 Å². The third kappa shape index (κ3) is 1.96. The standard InChI is InChI=1S/C14H13NO/c1-11-5-7-13(8-6-11)12(2)14(16)15-9-3-4-10-15/h3-10H,2H2,1H3. The van der Waals surface area contributed by atoms with Crippen LogP contribution in [0.25, 0.3) is 5.57 Å². The Morgan fingerprint density at radius 3 is 2.25 bits per heavy atom. The van der Waals surface area contributed by atoms with Crippen LogP contribution in [0.1, 0.15) is 15.9 Å². The highest BCUT2D eigenvalue weighted by atomic mass is 16.2. The highest BCUT2D eigenvalue weighted by Gasteiger charge is 2.10. The van der Waals surface area contributed by atoms with Gasteiger partial charge in [0.1, 0.15) is 0 Å². The molecule has 0 saturated carbocycles. The summed E-state index contributed by atoms with van der Waals surface area (Å²) in [5.74, 6) is -0.0890. The lowest BCUT2D eigenvalue weighted by atomic mass is 10.1. The van der Waals surface area contributed by atoms with Crippen molar-refractivity contribution >= 4 is 11.5 Å². The van der Waals surface area contributed by atoms with E-state index in [1.165, 1.54) is 10.1 Å². The van der Waals surface area contributed by atoms with Crippen molar-refractivity contribution in [3.63, 3.8) is 0 Å². The molecule has 0 unspecified atom stereocenters. The number of hydrogen-bond acceptors (Lipinski definition) is 1. The molecule has 2 heteroatoms. The molecule has 0 saturated heterocycles. The van der Waals surface area contributed by atoms with Crippen molar-refractivity contribution in [1.82, 2.24) is 4.57 Å². The molecule has 0 atom stereocenters. The van der Waals surface area contributed by atoms with Gasteiger partial charge in [0.25, 0.3) is 5.91 Å². The van der Waals surface area contributed by atoms with E-state index in [1.54, 1.807) is 12.4 Å². The average Bonchev–Trinajstić information content (AvgIpc) is 2.81. The van der Waals surface area contributed by atoms with E-state index >= 15 is 0 Å². The predicted octanol–water partition coefficient (Wildman–Crippen LogP) is 3.15. The smallest absolute Gasteiger partial charge is 0.261 e. The van der Waals surface area contributed by atoms with Gasteiger partial charge in [-0.25, -0.2) is 0 Å². The molecule has 2 aromatic rings. The topological polar surface area (TPSA) is 22.0 Å². The Hall–Kier alpha value is -2.09. The number of rotatable bonds is 2. The van der Waals surface area contributed by atoms with Gasteiger partial charge < -0.3 is 0 Å². The van der Waals surface area contributed by atoms with Crippen LogP contribution in [0.5, 0.6) is 0 Å². The number of nitrogens with zero attached hydrogens (tertiary/aromatic N) is 1. The second-order valence-corrected chi connectivity index (χ2v) is 3.74. The zero-order valence-electron chi connectivity index (χ0n) is 9.18. The number of aryl methyl sites for hydroxylation is 1. The van der Waals surface area contributed by atoms with E-state index in [9.17, 15) is 4.79 Å². The fourth-order valence-electron chi connectivity index (χ4n) is 1.50. The van der Waals surface area contributed by atoms with Crippen LogP contribution in [-0.2, 0) is 0 Å². The van der Waals surface area contributed by atoms with Gasteiger partial charge in [0.2, 0.25) is 0 Å². The van der Waals surface area contributed by atoms with Gasteiger partial charge >= 0.3 is 0 Å². The number of carbonyl (C=O) groups is 1. The van der Waals surface area contributed by atoms with Crippen LogP contribution in [0, 0.1) is 6.92 Å². The fourth-order valence-corrected chi connectivity index (χ4v) is 1.50. The van der Waals surface area contributed by atoms with Gasteiger partial charge in [-0.1, -0.05) is 36.4 Å². The zero-order valence-corrected chi connectivity index (χ0v) is 9.18. The Balaban J connectivity index is 2.26. The Morgan fingerprint density at radius 1 is 1.12 bits per heavy atom. The number of benzene rings is 1. The lowest BCUT2D eigenvalue weighted by Crippen LogP contribution is -2.09. The highest BCUT2D eigenvalue weighted by molar-refractivity contribution is 6.19. The van der Waals surface area contributed by atoms with E-state index in [0.717, 1.165) is 5.56 Å². The van der Waals surface area contributed by atoms with Crippen molar-refractivity contribution in [2.45, 2.75) is 6.92 Å². The van der Waals surface area contributed by atoms with Crippen LogP contribution in [0.4, 0.5) is 0 Å². The molecule has 0 aliphatic heterocycles. The summed E-state index contributed by atoms with van der Waals surface area (Å²) in [5, 5.41) is 0. The molecule has 0 radical (unpaired) electrons. The van der Waals surface area contributed by atoms with Crippen molar-refractivity contribution in [2.24, 2.45) is 0 Å². The van der Waals surface area contributed by atoms with Crippen LogP contribution in [-0.4, -0.2) is 10.5 Å². The minimum Gasteiger partial charge on any atom is -0.291 e. The van der Waals surface area contributed by atoms with Crippen LogP contribution in [0.3, 0.4) is 0 Å².